The first-order chi connectivity index (χ1) is 11.9. The number of hydrogen-bond acceptors (Lipinski definition) is 4. The Morgan fingerprint density at radius 3 is 2.28 bits per heavy atom. The van der Waals surface area contributed by atoms with Gasteiger partial charge in [0.15, 0.2) is 0 Å². The minimum Gasteiger partial charge on any atom is -0.245 e. The Morgan fingerprint density at radius 2 is 1.80 bits per heavy atom. The number of sulfonamides is 1. The summed E-state index contributed by atoms with van der Waals surface area (Å²) in [7, 11) is -3.78. The molecule has 1 aromatic heterocycles. The Balaban J connectivity index is 2.40. The van der Waals surface area contributed by atoms with Gasteiger partial charge in [-0.2, -0.15) is 9.57 Å². The maximum Gasteiger partial charge on any atom is 0.243 e. The summed E-state index contributed by atoms with van der Waals surface area (Å²) in [5.41, 5.74) is 0.968. The zero-order valence-corrected chi connectivity index (χ0v) is 15.0. The maximum atomic E-state index is 13.1. The van der Waals surface area contributed by atoms with Gasteiger partial charge < -0.3 is 0 Å². The summed E-state index contributed by atoms with van der Waals surface area (Å²) in [5, 5.41) is 8.83. The number of hydrogen-bond donors (Lipinski definition) is 0. The molecule has 0 saturated heterocycles. The second-order valence-corrected chi connectivity index (χ2v) is 7.53. The Labute approximate surface area is 147 Å². The third-order valence-corrected chi connectivity index (χ3v) is 5.96. The molecule has 132 valence electrons. The van der Waals surface area contributed by atoms with E-state index in [0.717, 1.165) is 12.1 Å². The quantitative estimate of drug-likeness (QED) is 0.757. The molecule has 0 bridgehead atoms. The number of aromatic nitrogens is 1. The lowest BCUT2D eigenvalue weighted by atomic mass is 10.1. The molecule has 0 radical (unpaired) electrons. The van der Waals surface area contributed by atoms with Gasteiger partial charge in [0.1, 0.15) is 17.6 Å². The lowest BCUT2D eigenvalue weighted by Gasteiger charge is -2.29. The van der Waals surface area contributed by atoms with E-state index in [9.17, 15) is 12.8 Å². The largest absolute Gasteiger partial charge is 0.245 e. The fraction of sp³-hybridized carbons (Fsp3) is 0.333. The molecule has 0 aliphatic carbocycles. The lowest BCUT2D eigenvalue weighted by molar-refractivity contribution is 0.297. The van der Waals surface area contributed by atoms with E-state index in [1.165, 1.54) is 22.6 Å². The molecule has 0 atom stereocenters. The van der Waals surface area contributed by atoms with E-state index >= 15 is 0 Å². The standard InChI is InChI=1S/C18H20FN3O2S/c1-3-17(4-2)22(13-14-5-8-16(11-20)21-12-14)25(23,24)18-9-6-15(19)7-10-18/h5-10,12,17H,3-4,13H2,1-2H3. The van der Waals surface area contributed by atoms with Gasteiger partial charge in [-0.15, -0.1) is 0 Å². The van der Waals surface area contributed by atoms with Crippen molar-refractivity contribution in [1.29, 1.82) is 5.26 Å². The van der Waals surface area contributed by atoms with E-state index in [0.29, 0.717) is 18.4 Å². The van der Waals surface area contributed by atoms with Gasteiger partial charge in [-0.05, 0) is 48.7 Å². The van der Waals surface area contributed by atoms with E-state index in [1.54, 1.807) is 12.1 Å². The highest BCUT2D eigenvalue weighted by Crippen LogP contribution is 2.24. The molecule has 0 N–H and O–H groups in total. The highest BCUT2D eigenvalue weighted by Gasteiger charge is 2.30. The normalized spacial score (nSPS) is 11.7. The summed E-state index contributed by atoms with van der Waals surface area (Å²) in [6.45, 7) is 4.00. The second kappa shape index (κ2) is 8.19. The molecular weight excluding hydrogens is 341 g/mol. The predicted molar refractivity (Wildman–Crippen MR) is 92.5 cm³/mol. The van der Waals surface area contributed by atoms with Gasteiger partial charge in [-0.25, -0.2) is 17.8 Å². The molecule has 25 heavy (non-hydrogen) atoms. The van der Waals surface area contributed by atoms with Crippen LogP contribution in [0.25, 0.3) is 0 Å². The average molecular weight is 361 g/mol. The minimum absolute atomic E-state index is 0.0578. The Morgan fingerprint density at radius 1 is 1.16 bits per heavy atom. The first-order valence-corrected chi connectivity index (χ1v) is 9.48. The summed E-state index contributed by atoms with van der Waals surface area (Å²) in [4.78, 5) is 4.05. The van der Waals surface area contributed by atoms with Gasteiger partial charge in [0.25, 0.3) is 0 Å². The van der Waals surface area contributed by atoms with Crippen molar-refractivity contribution in [2.24, 2.45) is 0 Å². The highest BCUT2D eigenvalue weighted by molar-refractivity contribution is 7.89. The van der Waals surface area contributed by atoms with Crippen LogP contribution >= 0.6 is 0 Å². The van der Waals surface area contributed by atoms with Crippen molar-refractivity contribution < 1.29 is 12.8 Å². The number of pyridine rings is 1. The Kier molecular flexibility index (Phi) is 6.23. The van der Waals surface area contributed by atoms with Crippen molar-refractivity contribution in [3.63, 3.8) is 0 Å². The minimum atomic E-state index is -3.78. The van der Waals surface area contributed by atoms with Crippen LogP contribution in [0.4, 0.5) is 4.39 Å². The molecule has 7 heteroatoms. The smallest absolute Gasteiger partial charge is 0.243 e. The molecule has 0 unspecified atom stereocenters. The number of rotatable bonds is 7. The van der Waals surface area contributed by atoms with Crippen LogP contribution in [0.5, 0.6) is 0 Å². The molecular formula is C18H20FN3O2S. The molecule has 0 aliphatic rings. The molecule has 1 heterocycles. The lowest BCUT2D eigenvalue weighted by Crippen LogP contribution is -2.39. The summed E-state index contributed by atoms with van der Waals surface area (Å²) in [6, 6.07) is 9.83. The van der Waals surface area contributed by atoms with Crippen LogP contribution in [0, 0.1) is 17.1 Å². The van der Waals surface area contributed by atoms with E-state index < -0.39 is 15.8 Å². The monoisotopic (exact) mass is 361 g/mol. The Bertz CT molecular complexity index is 839. The van der Waals surface area contributed by atoms with Crippen LogP contribution < -0.4 is 0 Å². The van der Waals surface area contributed by atoms with Crippen LogP contribution in [0.1, 0.15) is 37.9 Å². The number of benzene rings is 1. The molecule has 2 rings (SSSR count). The summed E-state index contributed by atoms with van der Waals surface area (Å²) in [5.74, 6) is -0.482. The second-order valence-electron chi connectivity index (χ2n) is 5.64. The van der Waals surface area contributed by atoms with Crippen molar-refractivity contribution in [3.8, 4) is 6.07 Å². The summed E-state index contributed by atoms with van der Waals surface area (Å²) < 4.78 is 40.7. The van der Waals surface area contributed by atoms with E-state index in [1.807, 2.05) is 19.9 Å². The van der Waals surface area contributed by atoms with Gasteiger partial charge in [0.2, 0.25) is 10.0 Å². The third-order valence-electron chi connectivity index (χ3n) is 4.05. The van der Waals surface area contributed by atoms with E-state index in [-0.39, 0.29) is 23.2 Å². The summed E-state index contributed by atoms with van der Waals surface area (Å²) >= 11 is 0. The van der Waals surface area contributed by atoms with Crippen molar-refractivity contribution in [2.45, 2.75) is 44.2 Å². The average Bonchev–Trinajstić information content (AvgIpc) is 2.62. The molecule has 2 aromatic rings. The van der Waals surface area contributed by atoms with Crippen LogP contribution in [0.2, 0.25) is 0 Å². The fourth-order valence-electron chi connectivity index (χ4n) is 2.61. The fourth-order valence-corrected chi connectivity index (χ4v) is 4.37. The first kappa shape index (κ1) is 19.0. The number of nitrogens with zero attached hydrogens (tertiary/aromatic N) is 3. The van der Waals surface area contributed by atoms with Crippen LogP contribution in [0.3, 0.4) is 0 Å². The molecule has 5 nitrogen and oxygen atoms in total. The van der Waals surface area contributed by atoms with Crippen molar-refractivity contribution in [3.05, 3.63) is 59.7 Å². The zero-order valence-electron chi connectivity index (χ0n) is 14.2. The SMILES string of the molecule is CCC(CC)N(Cc1ccc(C#N)nc1)S(=O)(=O)c1ccc(F)cc1. The number of halogens is 1. The molecule has 0 spiro atoms. The maximum absolute atomic E-state index is 13.1. The van der Waals surface area contributed by atoms with Gasteiger partial charge in [-0.3, -0.25) is 0 Å². The van der Waals surface area contributed by atoms with Gasteiger partial charge in [-0.1, -0.05) is 19.9 Å². The van der Waals surface area contributed by atoms with Crippen LogP contribution in [-0.4, -0.2) is 23.7 Å². The third kappa shape index (κ3) is 4.41. The van der Waals surface area contributed by atoms with Gasteiger partial charge in [0.05, 0.1) is 4.90 Å². The molecule has 0 fully saturated rings. The van der Waals surface area contributed by atoms with E-state index in [2.05, 4.69) is 4.98 Å². The van der Waals surface area contributed by atoms with Crippen molar-refractivity contribution in [1.82, 2.24) is 9.29 Å². The van der Waals surface area contributed by atoms with Crippen molar-refractivity contribution in [2.75, 3.05) is 0 Å². The van der Waals surface area contributed by atoms with Crippen LogP contribution in [0.15, 0.2) is 47.5 Å². The Hall–Kier alpha value is -2.30. The van der Waals surface area contributed by atoms with Crippen LogP contribution in [-0.2, 0) is 16.6 Å². The van der Waals surface area contributed by atoms with E-state index in [4.69, 9.17) is 5.26 Å². The first-order valence-electron chi connectivity index (χ1n) is 8.04. The molecule has 1 aromatic carbocycles. The number of nitriles is 1. The molecule has 0 saturated carbocycles. The topological polar surface area (TPSA) is 74.1 Å². The molecule has 0 amide bonds. The van der Waals surface area contributed by atoms with Gasteiger partial charge >= 0.3 is 0 Å². The summed E-state index contributed by atoms with van der Waals surface area (Å²) in [6.07, 6.45) is 2.81. The van der Waals surface area contributed by atoms with Crippen molar-refractivity contribution >= 4 is 10.0 Å². The molecule has 0 aliphatic heterocycles. The highest BCUT2D eigenvalue weighted by atomic mass is 32.2. The van der Waals surface area contributed by atoms with Gasteiger partial charge in [0, 0.05) is 18.8 Å². The predicted octanol–water partition coefficient (Wildman–Crippen LogP) is 3.47. The zero-order chi connectivity index (χ0) is 18.4.